The van der Waals surface area contributed by atoms with Gasteiger partial charge in [0.2, 0.25) is 5.89 Å². The molecule has 5 rings (SSSR count). The van der Waals surface area contributed by atoms with Gasteiger partial charge in [-0.15, -0.1) is 11.3 Å². The second-order valence-electron chi connectivity index (χ2n) is 7.60. The molecule has 0 N–H and O–H groups in total. The molecular weight excluding hydrogens is 408 g/mol. The fraction of sp³-hybridized carbons (Fsp3) is 0.250. The van der Waals surface area contributed by atoms with E-state index in [0.717, 1.165) is 29.9 Å². The van der Waals surface area contributed by atoms with Gasteiger partial charge in [0.25, 0.3) is 5.91 Å². The minimum Gasteiger partial charge on any atom is -0.443 e. The molecule has 3 aromatic heterocycles. The van der Waals surface area contributed by atoms with Crippen LogP contribution in [0.4, 0.5) is 0 Å². The van der Waals surface area contributed by atoms with E-state index < -0.39 is 0 Å². The van der Waals surface area contributed by atoms with Crippen molar-refractivity contribution in [2.45, 2.75) is 31.7 Å². The molecule has 6 nitrogen and oxygen atoms in total. The maximum absolute atomic E-state index is 13.6. The van der Waals surface area contributed by atoms with Crippen LogP contribution < -0.4 is 0 Å². The lowest BCUT2D eigenvalue weighted by Crippen LogP contribution is -2.39. The minimum atomic E-state index is -0.166. The molecule has 31 heavy (non-hydrogen) atoms. The van der Waals surface area contributed by atoms with Crippen molar-refractivity contribution < 1.29 is 9.21 Å². The number of benzene rings is 1. The number of pyridine rings is 1. The third kappa shape index (κ3) is 4.14. The van der Waals surface area contributed by atoms with Crippen LogP contribution in [0.15, 0.2) is 71.0 Å². The van der Waals surface area contributed by atoms with Crippen LogP contribution in [-0.4, -0.2) is 32.3 Å². The Morgan fingerprint density at radius 3 is 2.84 bits per heavy atom. The number of aromatic nitrogens is 3. The Labute approximate surface area is 184 Å². The molecule has 156 valence electrons. The molecule has 0 bridgehead atoms. The lowest BCUT2D eigenvalue weighted by molar-refractivity contribution is 0.0570. The molecule has 1 amide bonds. The van der Waals surface area contributed by atoms with E-state index in [1.165, 1.54) is 16.9 Å². The molecule has 1 atom stereocenters. The molecule has 7 heteroatoms. The summed E-state index contributed by atoms with van der Waals surface area (Å²) in [4.78, 5) is 29.5. The summed E-state index contributed by atoms with van der Waals surface area (Å²) in [7, 11) is 0. The van der Waals surface area contributed by atoms with Crippen molar-refractivity contribution >= 4 is 17.2 Å². The molecule has 0 spiro atoms. The fourth-order valence-electron chi connectivity index (χ4n) is 4.05. The topological polar surface area (TPSA) is 72.1 Å². The smallest absolute Gasteiger partial charge is 0.256 e. The zero-order valence-electron chi connectivity index (χ0n) is 17.0. The van der Waals surface area contributed by atoms with Gasteiger partial charge in [-0.05, 0) is 37.0 Å². The first kappa shape index (κ1) is 19.6. The molecule has 0 aliphatic carbocycles. The summed E-state index contributed by atoms with van der Waals surface area (Å²) < 4.78 is 6.12. The van der Waals surface area contributed by atoms with Crippen LogP contribution in [0.1, 0.15) is 52.9 Å². The number of likely N-dealkylation sites (tertiary alicyclic amines) is 1. The van der Waals surface area contributed by atoms with Gasteiger partial charge in [0, 0.05) is 25.4 Å². The highest BCUT2D eigenvalue weighted by molar-refractivity contribution is 7.13. The van der Waals surface area contributed by atoms with Crippen molar-refractivity contribution in [1.82, 2.24) is 19.9 Å². The number of rotatable bonds is 5. The second-order valence-corrected chi connectivity index (χ2v) is 8.49. The van der Waals surface area contributed by atoms with Crippen molar-refractivity contribution in [2.75, 3.05) is 6.54 Å². The first-order chi connectivity index (χ1) is 15.3. The Morgan fingerprint density at radius 1 is 1.10 bits per heavy atom. The van der Waals surface area contributed by atoms with Crippen molar-refractivity contribution in [3.05, 3.63) is 89.3 Å². The summed E-state index contributed by atoms with van der Waals surface area (Å²) in [6.07, 6.45) is 8.78. The Balaban J connectivity index is 1.41. The maximum Gasteiger partial charge on any atom is 0.256 e. The molecule has 0 radical (unpaired) electrons. The number of nitrogens with zero attached hydrogens (tertiary/aromatic N) is 4. The lowest BCUT2D eigenvalue weighted by Gasteiger charge is -2.34. The van der Waals surface area contributed by atoms with Gasteiger partial charge < -0.3 is 9.32 Å². The SMILES string of the molecule is O=C(c1cccnc1-c1cncs1)N1CCCCC1c1ncc(Cc2ccccc2)o1. The van der Waals surface area contributed by atoms with Gasteiger partial charge >= 0.3 is 0 Å². The van der Waals surface area contributed by atoms with Gasteiger partial charge in [0.1, 0.15) is 11.8 Å². The van der Waals surface area contributed by atoms with E-state index in [4.69, 9.17) is 4.42 Å². The number of piperidine rings is 1. The highest BCUT2D eigenvalue weighted by Gasteiger charge is 2.33. The normalized spacial score (nSPS) is 16.4. The maximum atomic E-state index is 13.6. The van der Waals surface area contributed by atoms with Crippen LogP contribution in [0.3, 0.4) is 0 Å². The lowest BCUT2D eigenvalue weighted by atomic mass is 10.00. The zero-order valence-corrected chi connectivity index (χ0v) is 17.8. The van der Waals surface area contributed by atoms with E-state index >= 15 is 0 Å². The predicted molar refractivity (Wildman–Crippen MR) is 119 cm³/mol. The highest BCUT2D eigenvalue weighted by Crippen LogP contribution is 2.34. The van der Waals surface area contributed by atoms with E-state index in [9.17, 15) is 4.79 Å². The average Bonchev–Trinajstić information content (AvgIpc) is 3.52. The van der Waals surface area contributed by atoms with E-state index in [1.54, 1.807) is 30.2 Å². The molecule has 1 saturated heterocycles. The van der Waals surface area contributed by atoms with Gasteiger partial charge in [-0.25, -0.2) is 4.98 Å². The summed E-state index contributed by atoms with van der Waals surface area (Å²) >= 11 is 1.48. The van der Waals surface area contributed by atoms with E-state index in [-0.39, 0.29) is 11.9 Å². The number of carbonyl (C=O) groups is 1. The van der Waals surface area contributed by atoms with Crippen LogP contribution in [0.5, 0.6) is 0 Å². The van der Waals surface area contributed by atoms with E-state index in [1.807, 2.05) is 29.2 Å². The van der Waals surface area contributed by atoms with Crippen LogP contribution in [0.2, 0.25) is 0 Å². The molecule has 1 aromatic carbocycles. The van der Waals surface area contributed by atoms with E-state index in [0.29, 0.717) is 30.1 Å². The summed E-state index contributed by atoms with van der Waals surface area (Å²) in [6, 6.07) is 13.7. The Bertz CT molecular complexity index is 1160. The summed E-state index contributed by atoms with van der Waals surface area (Å²) in [5.41, 5.74) is 4.20. The number of thiazole rings is 1. The minimum absolute atomic E-state index is 0.0380. The zero-order chi connectivity index (χ0) is 21.0. The Morgan fingerprint density at radius 2 is 2.00 bits per heavy atom. The van der Waals surface area contributed by atoms with Gasteiger partial charge in [0.05, 0.1) is 27.8 Å². The monoisotopic (exact) mass is 430 g/mol. The van der Waals surface area contributed by atoms with Crippen LogP contribution >= 0.6 is 11.3 Å². The standard InChI is InChI=1S/C24H22N4O2S/c29-24(19-9-6-11-26-22(19)21-15-25-16-31-21)28-12-5-4-10-20(28)23-27-14-18(30-23)13-17-7-2-1-3-8-17/h1-3,6-9,11,14-16,20H,4-5,10,12-13H2. The largest absolute Gasteiger partial charge is 0.443 e. The third-order valence-electron chi connectivity index (χ3n) is 5.55. The van der Waals surface area contributed by atoms with Crippen molar-refractivity contribution in [3.63, 3.8) is 0 Å². The number of amides is 1. The molecule has 4 heterocycles. The fourth-order valence-corrected chi connectivity index (χ4v) is 4.68. The number of hydrogen-bond acceptors (Lipinski definition) is 6. The van der Waals surface area contributed by atoms with Crippen molar-refractivity contribution in [3.8, 4) is 10.6 Å². The first-order valence-electron chi connectivity index (χ1n) is 10.4. The Kier molecular flexibility index (Phi) is 5.58. The molecule has 1 unspecified atom stereocenters. The molecule has 0 saturated carbocycles. The van der Waals surface area contributed by atoms with Crippen molar-refractivity contribution in [1.29, 1.82) is 0 Å². The highest BCUT2D eigenvalue weighted by atomic mass is 32.1. The third-order valence-corrected chi connectivity index (χ3v) is 6.32. The van der Waals surface area contributed by atoms with Gasteiger partial charge in [-0.2, -0.15) is 0 Å². The van der Waals surface area contributed by atoms with Gasteiger partial charge in [-0.1, -0.05) is 30.3 Å². The van der Waals surface area contributed by atoms with Crippen molar-refractivity contribution in [2.24, 2.45) is 0 Å². The quantitative estimate of drug-likeness (QED) is 0.438. The summed E-state index contributed by atoms with van der Waals surface area (Å²) in [5.74, 6) is 1.39. The molecule has 1 aliphatic heterocycles. The number of hydrogen-bond donors (Lipinski definition) is 0. The summed E-state index contributed by atoms with van der Waals surface area (Å²) in [5, 5.41) is 0. The van der Waals surface area contributed by atoms with E-state index in [2.05, 4.69) is 27.1 Å². The number of carbonyl (C=O) groups excluding carboxylic acids is 1. The van der Waals surface area contributed by atoms with Crippen LogP contribution in [0.25, 0.3) is 10.6 Å². The molecule has 1 fully saturated rings. The first-order valence-corrected chi connectivity index (χ1v) is 11.3. The Hall–Kier alpha value is -3.32. The molecule has 1 aliphatic rings. The van der Waals surface area contributed by atoms with Crippen LogP contribution in [0, 0.1) is 0 Å². The summed E-state index contributed by atoms with van der Waals surface area (Å²) in [6.45, 7) is 0.678. The number of oxazole rings is 1. The molecular formula is C24H22N4O2S. The average molecular weight is 431 g/mol. The van der Waals surface area contributed by atoms with Gasteiger partial charge in [0.15, 0.2) is 0 Å². The second kappa shape index (κ2) is 8.81. The van der Waals surface area contributed by atoms with Crippen LogP contribution in [-0.2, 0) is 6.42 Å². The van der Waals surface area contributed by atoms with Gasteiger partial charge in [-0.3, -0.25) is 14.8 Å². The molecule has 4 aromatic rings. The predicted octanol–water partition coefficient (Wildman–Crippen LogP) is 5.15.